The molecule has 0 radical (unpaired) electrons. The molecule has 0 aliphatic carbocycles. The van der Waals surface area contributed by atoms with Crippen molar-refractivity contribution in [3.8, 4) is 0 Å². The molecule has 152 valence electrons. The summed E-state index contributed by atoms with van der Waals surface area (Å²) >= 11 is 0.998. The highest BCUT2D eigenvalue weighted by Crippen LogP contribution is 2.29. The van der Waals surface area contributed by atoms with Crippen LogP contribution in [-0.4, -0.2) is 37.0 Å². The molecule has 3 N–H and O–H groups in total. The van der Waals surface area contributed by atoms with Crippen molar-refractivity contribution >= 4 is 28.9 Å². The van der Waals surface area contributed by atoms with E-state index in [-0.39, 0.29) is 5.91 Å². The lowest BCUT2D eigenvalue weighted by molar-refractivity contribution is -0.140. The molecule has 1 amide bonds. The van der Waals surface area contributed by atoms with Crippen LogP contribution in [0.15, 0.2) is 34.6 Å². The van der Waals surface area contributed by atoms with Crippen LogP contribution in [0, 0.1) is 0 Å². The van der Waals surface area contributed by atoms with E-state index in [1.807, 2.05) is 24.3 Å². The Hall–Kier alpha value is -2.62. The van der Waals surface area contributed by atoms with E-state index >= 15 is 0 Å². The number of halogens is 3. The van der Waals surface area contributed by atoms with Gasteiger partial charge in [-0.15, -0.1) is 11.3 Å². The van der Waals surface area contributed by atoms with Gasteiger partial charge in [0.05, 0.1) is 5.01 Å². The molecular weight excluding hydrogens is 391 g/mol. The SMILES string of the molecule is CN=C(NCCc1ccc(NC(C)=O)cc1)NCCc1nc(C(F)(F)F)cs1. The summed E-state index contributed by atoms with van der Waals surface area (Å²) in [7, 11) is 1.63. The summed E-state index contributed by atoms with van der Waals surface area (Å²) in [5, 5.41) is 10.4. The van der Waals surface area contributed by atoms with E-state index in [1.165, 1.54) is 6.92 Å². The van der Waals surface area contributed by atoms with Crippen molar-refractivity contribution in [3.63, 3.8) is 0 Å². The molecule has 0 aliphatic heterocycles. The lowest BCUT2D eigenvalue weighted by Crippen LogP contribution is -2.39. The first kappa shape index (κ1) is 21.7. The van der Waals surface area contributed by atoms with Crippen molar-refractivity contribution < 1.29 is 18.0 Å². The molecule has 0 spiro atoms. The monoisotopic (exact) mass is 413 g/mol. The second-order valence-electron chi connectivity index (χ2n) is 5.93. The van der Waals surface area contributed by atoms with Crippen LogP contribution in [0.2, 0.25) is 0 Å². The summed E-state index contributed by atoms with van der Waals surface area (Å²) in [5.41, 5.74) is 0.997. The summed E-state index contributed by atoms with van der Waals surface area (Å²) in [6.07, 6.45) is -3.27. The van der Waals surface area contributed by atoms with Crippen LogP contribution in [0.1, 0.15) is 23.2 Å². The Balaban J connectivity index is 1.71. The quantitative estimate of drug-likeness (QED) is 0.482. The molecule has 0 atom stereocenters. The number of carbonyl (C=O) groups is 1. The molecule has 6 nitrogen and oxygen atoms in total. The summed E-state index contributed by atoms with van der Waals surface area (Å²) in [4.78, 5) is 18.7. The van der Waals surface area contributed by atoms with E-state index in [0.29, 0.717) is 30.5 Å². The van der Waals surface area contributed by atoms with E-state index in [4.69, 9.17) is 0 Å². The molecule has 2 rings (SSSR count). The maximum Gasteiger partial charge on any atom is 0.434 e. The summed E-state index contributed by atoms with van der Waals surface area (Å²) in [5.74, 6) is 0.458. The summed E-state index contributed by atoms with van der Waals surface area (Å²) in [6.45, 7) is 2.52. The number of hydrogen-bond donors (Lipinski definition) is 3. The predicted molar refractivity (Wildman–Crippen MR) is 105 cm³/mol. The number of hydrogen-bond acceptors (Lipinski definition) is 4. The second kappa shape index (κ2) is 10.1. The van der Waals surface area contributed by atoms with E-state index in [1.54, 1.807) is 7.05 Å². The zero-order valence-corrected chi connectivity index (χ0v) is 16.4. The molecule has 1 aromatic carbocycles. The van der Waals surface area contributed by atoms with Crippen LogP contribution in [0.4, 0.5) is 18.9 Å². The summed E-state index contributed by atoms with van der Waals surface area (Å²) in [6, 6.07) is 7.55. The van der Waals surface area contributed by atoms with E-state index in [0.717, 1.165) is 34.4 Å². The molecule has 0 fully saturated rings. The van der Waals surface area contributed by atoms with Gasteiger partial charge in [0.2, 0.25) is 5.91 Å². The third kappa shape index (κ3) is 7.18. The molecule has 0 saturated heterocycles. The van der Waals surface area contributed by atoms with Gasteiger partial charge in [0, 0.05) is 44.5 Å². The Morgan fingerprint density at radius 2 is 1.79 bits per heavy atom. The van der Waals surface area contributed by atoms with Crippen molar-refractivity contribution in [3.05, 3.63) is 45.9 Å². The lowest BCUT2D eigenvalue weighted by atomic mass is 10.1. The van der Waals surface area contributed by atoms with Crippen molar-refractivity contribution in [2.24, 2.45) is 4.99 Å². The molecule has 10 heteroatoms. The minimum absolute atomic E-state index is 0.114. The van der Waals surface area contributed by atoms with Crippen LogP contribution in [0.3, 0.4) is 0 Å². The number of anilines is 1. The highest BCUT2D eigenvalue weighted by molar-refractivity contribution is 7.09. The average molecular weight is 413 g/mol. The van der Waals surface area contributed by atoms with Gasteiger partial charge in [-0.3, -0.25) is 9.79 Å². The average Bonchev–Trinajstić information content (AvgIpc) is 3.11. The number of aromatic nitrogens is 1. The van der Waals surface area contributed by atoms with Gasteiger partial charge in [-0.2, -0.15) is 13.2 Å². The van der Waals surface area contributed by atoms with Gasteiger partial charge < -0.3 is 16.0 Å². The maximum absolute atomic E-state index is 12.5. The number of thiazole rings is 1. The van der Waals surface area contributed by atoms with Crippen LogP contribution in [0.5, 0.6) is 0 Å². The Labute approximate surface area is 165 Å². The van der Waals surface area contributed by atoms with Crippen molar-refractivity contribution in [1.29, 1.82) is 0 Å². The fraction of sp³-hybridized carbons (Fsp3) is 0.389. The maximum atomic E-state index is 12.5. The predicted octanol–water partition coefficient (Wildman–Crippen LogP) is 3.07. The number of aliphatic imine (C=N–C) groups is 1. The number of amides is 1. The summed E-state index contributed by atoms with van der Waals surface area (Å²) < 4.78 is 37.6. The van der Waals surface area contributed by atoms with E-state index < -0.39 is 11.9 Å². The van der Waals surface area contributed by atoms with E-state index in [2.05, 4.69) is 25.9 Å². The Morgan fingerprint density at radius 3 is 2.32 bits per heavy atom. The third-order valence-corrected chi connectivity index (χ3v) is 4.59. The number of alkyl halides is 3. The normalized spacial score (nSPS) is 12.0. The van der Waals surface area contributed by atoms with Crippen LogP contribution < -0.4 is 16.0 Å². The Bertz CT molecular complexity index is 802. The number of nitrogens with zero attached hydrogens (tertiary/aromatic N) is 2. The molecule has 2 aromatic rings. The minimum Gasteiger partial charge on any atom is -0.356 e. The number of benzene rings is 1. The minimum atomic E-state index is -4.40. The molecule has 0 saturated carbocycles. The first-order valence-corrected chi connectivity index (χ1v) is 9.48. The fourth-order valence-electron chi connectivity index (χ4n) is 2.35. The Morgan fingerprint density at radius 1 is 1.14 bits per heavy atom. The van der Waals surface area contributed by atoms with Crippen LogP contribution in [0.25, 0.3) is 0 Å². The zero-order valence-electron chi connectivity index (χ0n) is 15.6. The largest absolute Gasteiger partial charge is 0.434 e. The number of guanidine groups is 1. The lowest BCUT2D eigenvalue weighted by Gasteiger charge is -2.11. The van der Waals surface area contributed by atoms with Crippen LogP contribution in [-0.2, 0) is 23.8 Å². The molecule has 1 heterocycles. The second-order valence-corrected chi connectivity index (χ2v) is 6.87. The zero-order chi connectivity index (χ0) is 20.6. The molecule has 0 bridgehead atoms. The smallest absolute Gasteiger partial charge is 0.356 e. The molecule has 28 heavy (non-hydrogen) atoms. The van der Waals surface area contributed by atoms with Crippen LogP contribution >= 0.6 is 11.3 Å². The van der Waals surface area contributed by atoms with Gasteiger partial charge in [0.15, 0.2) is 11.7 Å². The van der Waals surface area contributed by atoms with Gasteiger partial charge >= 0.3 is 6.18 Å². The van der Waals surface area contributed by atoms with Gasteiger partial charge in [-0.1, -0.05) is 12.1 Å². The topological polar surface area (TPSA) is 78.4 Å². The first-order valence-electron chi connectivity index (χ1n) is 8.60. The number of nitrogens with one attached hydrogen (secondary N) is 3. The van der Waals surface area contributed by atoms with Crippen molar-refractivity contribution in [2.45, 2.75) is 25.9 Å². The third-order valence-electron chi connectivity index (χ3n) is 3.68. The van der Waals surface area contributed by atoms with Crippen molar-refractivity contribution in [2.75, 3.05) is 25.5 Å². The molecule has 0 aliphatic rings. The van der Waals surface area contributed by atoms with Crippen molar-refractivity contribution in [1.82, 2.24) is 15.6 Å². The Kier molecular flexibility index (Phi) is 7.80. The van der Waals surface area contributed by atoms with Gasteiger partial charge in [0.25, 0.3) is 0 Å². The van der Waals surface area contributed by atoms with Gasteiger partial charge in [0.1, 0.15) is 0 Å². The van der Waals surface area contributed by atoms with Gasteiger partial charge in [-0.05, 0) is 24.1 Å². The highest BCUT2D eigenvalue weighted by atomic mass is 32.1. The van der Waals surface area contributed by atoms with E-state index in [9.17, 15) is 18.0 Å². The number of rotatable bonds is 7. The van der Waals surface area contributed by atoms with Gasteiger partial charge in [-0.25, -0.2) is 4.98 Å². The molecule has 0 unspecified atom stereocenters. The molecule has 1 aromatic heterocycles. The first-order chi connectivity index (χ1) is 13.3. The standard InChI is InChI=1S/C18H22F3N5OS/c1-12(27)25-14-5-3-13(4-6-14)7-9-23-17(22-2)24-10-8-16-26-15(11-28-16)18(19,20)21/h3-6,11H,7-10H2,1-2H3,(H,25,27)(H2,22,23,24). The molecular formula is C18H22F3N5OS. The highest BCUT2D eigenvalue weighted by Gasteiger charge is 2.33. The number of carbonyl (C=O) groups excluding carboxylic acids is 1. The fourth-order valence-corrected chi connectivity index (χ4v) is 3.15.